The Kier molecular flexibility index (Phi) is 5.20. The first-order chi connectivity index (χ1) is 12.5. The van der Waals surface area contributed by atoms with Crippen LogP contribution < -0.4 is 0 Å². The molecule has 0 bridgehead atoms. The lowest BCUT2D eigenvalue weighted by Gasteiger charge is -2.24. The van der Waals surface area contributed by atoms with Crippen molar-refractivity contribution in [2.45, 2.75) is 6.04 Å². The maximum absolute atomic E-state index is 14.4. The monoisotopic (exact) mass is 419 g/mol. The molecule has 7 heteroatoms. The number of amides is 1. The Balaban J connectivity index is 2.21. The average Bonchev–Trinajstić information content (AvgIpc) is 2.87. The number of Topliss-reactive ketones (excluding diaryl/α,β-unsaturated/α-hetero) is 1. The summed E-state index contributed by atoms with van der Waals surface area (Å²) in [6.07, 6.45) is 0. The van der Waals surface area contributed by atoms with Crippen LogP contribution in [0.3, 0.4) is 0 Å². The van der Waals surface area contributed by atoms with E-state index in [0.29, 0.717) is 5.56 Å². The van der Waals surface area contributed by atoms with Crippen LogP contribution in [0.25, 0.3) is 5.76 Å². The van der Waals surface area contributed by atoms with E-state index in [1.165, 1.54) is 18.2 Å². The molecule has 3 rings (SSSR count). The lowest BCUT2D eigenvalue weighted by Crippen LogP contribution is -2.32. The van der Waals surface area contributed by atoms with Crippen LogP contribution in [0.2, 0.25) is 0 Å². The van der Waals surface area contributed by atoms with Crippen molar-refractivity contribution in [3.63, 3.8) is 0 Å². The molecule has 134 valence electrons. The van der Waals surface area contributed by atoms with Crippen molar-refractivity contribution in [1.82, 2.24) is 4.90 Å². The van der Waals surface area contributed by atoms with Gasteiger partial charge in [-0.15, -0.1) is 0 Å². The van der Waals surface area contributed by atoms with Gasteiger partial charge < -0.3 is 15.1 Å². The summed E-state index contributed by atoms with van der Waals surface area (Å²) in [6, 6.07) is 11.1. The molecule has 1 amide bonds. The number of benzene rings is 2. The zero-order valence-corrected chi connectivity index (χ0v) is 15.1. The van der Waals surface area contributed by atoms with Gasteiger partial charge in [-0.1, -0.05) is 46.3 Å². The molecule has 1 heterocycles. The van der Waals surface area contributed by atoms with Crippen LogP contribution in [0, 0.1) is 5.82 Å². The van der Waals surface area contributed by atoms with E-state index in [1.807, 2.05) is 0 Å². The lowest BCUT2D eigenvalue weighted by molar-refractivity contribution is -0.140. The third kappa shape index (κ3) is 3.15. The van der Waals surface area contributed by atoms with Gasteiger partial charge in [0.15, 0.2) is 0 Å². The summed E-state index contributed by atoms with van der Waals surface area (Å²) in [6.45, 7) is -0.545. The summed E-state index contributed by atoms with van der Waals surface area (Å²) in [7, 11) is 0. The molecule has 1 aliphatic heterocycles. The topological polar surface area (TPSA) is 77.8 Å². The van der Waals surface area contributed by atoms with E-state index in [1.54, 1.807) is 30.3 Å². The molecule has 0 aromatic heterocycles. The van der Waals surface area contributed by atoms with Crippen LogP contribution in [0.1, 0.15) is 17.2 Å². The van der Waals surface area contributed by atoms with Crippen LogP contribution in [0.15, 0.2) is 58.6 Å². The molecule has 2 aromatic rings. The smallest absolute Gasteiger partial charge is 0.295 e. The van der Waals surface area contributed by atoms with Crippen molar-refractivity contribution in [3.8, 4) is 0 Å². The van der Waals surface area contributed by atoms with Crippen LogP contribution >= 0.6 is 15.9 Å². The molecule has 0 radical (unpaired) electrons. The molecule has 26 heavy (non-hydrogen) atoms. The Labute approximate surface area is 157 Å². The zero-order chi connectivity index (χ0) is 18.8. The van der Waals surface area contributed by atoms with E-state index in [2.05, 4.69) is 15.9 Å². The summed E-state index contributed by atoms with van der Waals surface area (Å²) in [5.41, 5.74) is 0.214. The molecule has 1 fully saturated rings. The number of carbonyl (C=O) groups is 2. The molecule has 1 unspecified atom stereocenters. The molecular formula is C19H15BrFNO4. The molecule has 2 aromatic carbocycles. The van der Waals surface area contributed by atoms with E-state index in [-0.39, 0.29) is 23.4 Å². The molecular weight excluding hydrogens is 405 g/mol. The van der Waals surface area contributed by atoms with Crippen molar-refractivity contribution in [1.29, 1.82) is 0 Å². The van der Waals surface area contributed by atoms with Crippen LogP contribution in [0.4, 0.5) is 4.39 Å². The number of aliphatic hydroxyl groups excluding tert-OH is 2. The number of carbonyl (C=O) groups excluding carboxylic acids is 2. The fourth-order valence-electron chi connectivity index (χ4n) is 3.00. The number of β-amino-alcohol motifs (C(OH)–C–C–N with tert-alkyl or cyclic N) is 1. The number of hydrogen-bond donors (Lipinski definition) is 2. The van der Waals surface area contributed by atoms with Crippen LogP contribution in [0.5, 0.6) is 0 Å². The Hall–Kier alpha value is -2.51. The predicted octanol–water partition coefficient (Wildman–Crippen LogP) is 3.00. The average molecular weight is 420 g/mol. The van der Waals surface area contributed by atoms with Gasteiger partial charge in [0.1, 0.15) is 11.6 Å². The van der Waals surface area contributed by atoms with Crippen molar-refractivity contribution in [2.75, 3.05) is 13.2 Å². The number of nitrogens with zero attached hydrogens (tertiary/aromatic N) is 1. The van der Waals surface area contributed by atoms with Crippen LogP contribution in [-0.4, -0.2) is 40.0 Å². The fraction of sp³-hybridized carbons (Fsp3) is 0.158. The predicted molar refractivity (Wildman–Crippen MR) is 96.6 cm³/mol. The number of ketones is 1. The second-order valence-electron chi connectivity index (χ2n) is 5.74. The minimum atomic E-state index is -1.10. The van der Waals surface area contributed by atoms with Crippen molar-refractivity contribution < 1.29 is 24.2 Å². The standard InChI is InChI=1S/C19H15BrFNO4/c20-12-7-5-11(6-8-12)17(24)15-16(13-3-1-2-4-14(13)21)22(9-10-23)19(26)18(15)25/h1-8,16,23-24H,9-10H2. The number of rotatable bonds is 4. The molecule has 1 aliphatic rings. The lowest BCUT2D eigenvalue weighted by atomic mass is 9.95. The van der Waals surface area contributed by atoms with Gasteiger partial charge in [-0.25, -0.2) is 4.39 Å². The summed E-state index contributed by atoms with van der Waals surface area (Å²) in [4.78, 5) is 26.0. The van der Waals surface area contributed by atoms with E-state index in [4.69, 9.17) is 0 Å². The SMILES string of the molecule is O=C1C(=O)N(CCO)C(c2ccccc2F)C1=C(O)c1ccc(Br)cc1. The largest absolute Gasteiger partial charge is 0.507 e. The summed E-state index contributed by atoms with van der Waals surface area (Å²) in [5, 5.41) is 19.9. The highest BCUT2D eigenvalue weighted by molar-refractivity contribution is 9.10. The van der Waals surface area contributed by atoms with Gasteiger partial charge in [-0.3, -0.25) is 9.59 Å². The van der Waals surface area contributed by atoms with E-state index >= 15 is 0 Å². The Morgan fingerprint density at radius 1 is 1.12 bits per heavy atom. The molecule has 1 atom stereocenters. The van der Waals surface area contributed by atoms with Gasteiger partial charge in [0, 0.05) is 22.1 Å². The zero-order valence-electron chi connectivity index (χ0n) is 13.5. The van der Waals surface area contributed by atoms with E-state index < -0.39 is 30.2 Å². The van der Waals surface area contributed by atoms with Crippen molar-refractivity contribution in [2.24, 2.45) is 0 Å². The summed E-state index contributed by atoms with van der Waals surface area (Å²) >= 11 is 3.28. The molecule has 2 N–H and O–H groups in total. The highest BCUT2D eigenvalue weighted by atomic mass is 79.9. The second kappa shape index (κ2) is 7.39. The fourth-order valence-corrected chi connectivity index (χ4v) is 3.27. The Bertz CT molecular complexity index is 895. The number of halogens is 2. The van der Waals surface area contributed by atoms with Gasteiger partial charge in [0.2, 0.25) is 0 Å². The second-order valence-corrected chi connectivity index (χ2v) is 6.66. The van der Waals surface area contributed by atoms with E-state index in [0.717, 1.165) is 9.37 Å². The molecule has 5 nitrogen and oxygen atoms in total. The first kappa shape index (κ1) is 18.3. The quantitative estimate of drug-likeness (QED) is 0.453. The molecule has 0 aliphatic carbocycles. The van der Waals surface area contributed by atoms with Crippen LogP contribution in [-0.2, 0) is 9.59 Å². The molecule has 0 spiro atoms. The number of hydrogen-bond acceptors (Lipinski definition) is 4. The highest BCUT2D eigenvalue weighted by Crippen LogP contribution is 2.40. The van der Waals surface area contributed by atoms with Crippen molar-refractivity contribution >= 4 is 33.4 Å². The normalized spacial score (nSPS) is 19.2. The first-order valence-corrected chi connectivity index (χ1v) is 8.64. The number of aliphatic hydroxyl groups is 2. The summed E-state index contributed by atoms with van der Waals surface area (Å²) < 4.78 is 15.2. The minimum absolute atomic E-state index is 0.0822. The summed E-state index contributed by atoms with van der Waals surface area (Å²) in [5.74, 6) is -2.79. The highest BCUT2D eigenvalue weighted by Gasteiger charge is 2.46. The third-order valence-electron chi connectivity index (χ3n) is 4.20. The molecule has 1 saturated heterocycles. The van der Waals surface area contributed by atoms with Gasteiger partial charge in [0.05, 0.1) is 18.2 Å². The van der Waals surface area contributed by atoms with Gasteiger partial charge in [-0.2, -0.15) is 0 Å². The maximum Gasteiger partial charge on any atom is 0.295 e. The van der Waals surface area contributed by atoms with Crippen molar-refractivity contribution in [3.05, 3.63) is 75.5 Å². The Morgan fingerprint density at radius 3 is 2.38 bits per heavy atom. The molecule has 0 saturated carbocycles. The van der Waals surface area contributed by atoms with E-state index in [9.17, 15) is 24.2 Å². The van der Waals surface area contributed by atoms with Gasteiger partial charge in [0.25, 0.3) is 11.7 Å². The minimum Gasteiger partial charge on any atom is -0.507 e. The Morgan fingerprint density at radius 2 is 1.77 bits per heavy atom. The van der Waals surface area contributed by atoms with Gasteiger partial charge in [-0.05, 0) is 18.2 Å². The van der Waals surface area contributed by atoms with Gasteiger partial charge >= 0.3 is 0 Å². The third-order valence-corrected chi connectivity index (χ3v) is 4.73. The first-order valence-electron chi connectivity index (χ1n) is 7.85. The number of likely N-dealkylation sites (tertiary alicyclic amines) is 1. The maximum atomic E-state index is 14.4.